The lowest BCUT2D eigenvalue weighted by Gasteiger charge is -2.12. The molecule has 0 aliphatic rings. The van der Waals surface area contributed by atoms with E-state index >= 15 is 0 Å². The number of rotatable bonds is 4. The molecule has 0 spiro atoms. The maximum Gasteiger partial charge on any atom is 0.272 e. The fourth-order valence-corrected chi connectivity index (χ4v) is 2.37. The number of halogens is 4. The van der Waals surface area contributed by atoms with E-state index in [1.807, 2.05) is 0 Å². The Labute approximate surface area is 134 Å². The summed E-state index contributed by atoms with van der Waals surface area (Å²) in [6.45, 7) is 0. The molecule has 8 heteroatoms. The van der Waals surface area contributed by atoms with E-state index in [9.17, 15) is 14.5 Å². The van der Waals surface area contributed by atoms with Crippen LogP contribution in [0.3, 0.4) is 0 Å². The molecule has 0 amide bonds. The van der Waals surface area contributed by atoms with Crippen molar-refractivity contribution in [2.45, 2.75) is 5.88 Å². The highest BCUT2D eigenvalue weighted by atomic mass is 35.5. The summed E-state index contributed by atoms with van der Waals surface area (Å²) >= 11 is 17.6. The van der Waals surface area contributed by atoms with E-state index in [1.165, 1.54) is 18.2 Å². The van der Waals surface area contributed by atoms with Crippen LogP contribution in [-0.4, -0.2) is 4.92 Å². The van der Waals surface area contributed by atoms with Crippen LogP contribution in [0.5, 0.6) is 11.5 Å². The van der Waals surface area contributed by atoms with Gasteiger partial charge in [0.1, 0.15) is 11.6 Å². The summed E-state index contributed by atoms with van der Waals surface area (Å²) in [5.41, 5.74) is 0.149. The molecule has 0 heterocycles. The summed E-state index contributed by atoms with van der Waals surface area (Å²) < 4.78 is 18.6. The van der Waals surface area contributed by atoms with Crippen molar-refractivity contribution >= 4 is 40.5 Å². The van der Waals surface area contributed by atoms with Crippen LogP contribution >= 0.6 is 34.8 Å². The number of ether oxygens (including phenoxy) is 1. The smallest absolute Gasteiger partial charge is 0.272 e. The molecule has 0 saturated carbocycles. The van der Waals surface area contributed by atoms with Crippen molar-refractivity contribution in [2.75, 3.05) is 0 Å². The molecule has 0 fully saturated rings. The first-order valence-electron chi connectivity index (χ1n) is 5.58. The molecule has 0 atom stereocenters. The van der Waals surface area contributed by atoms with Crippen molar-refractivity contribution in [3.05, 3.63) is 61.9 Å². The number of non-ortho nitro benzene ring substituents is 1. The summed E-state index contributed by atoms with van der Waals surface area (Å²) in [5.74, 6) is -0.125. The van der Waals surface area contributed by atoms with Crippen LogP contribution in [0.2, 0.25) is 10.0 Å². The Hall–Kier alpha value is -1.56. The second kappa shape index (κ2) is 6.47. The molecule has 0 bridgehead atoms. The Bertz CT molecular complexity index is 686. The van der Waals surface area contributed by atoms with Gasteiger partial charge in [-0.2, -0.15) is 0 Å². The predicted octanol–water partition coefficient (Wildman–Crippen LogP) is 5.57. The van der Waals surface area contributed by atoms with Crippen LogP contribution in [0.25, 0.3) is 0 Å². The largest absolute Gasteiger partial charge is 0.454 e. The SMILES string of the molecule is O=[N+]([O-])c1cc(Cl)c(Oc2ccc(F)cc2CCl)c(Cl)c1. The number of nitrogens with zero attached hydrogens (tertiary/aromatic N) is 1. The van der Waals surface area contributed by atoms with E-state index in [0.29, 0.717) is 5.56 Å². The highest BCUT2D eigenvalue weighted by molar-refractivity contribution is 6.37. The van der Waals surface area contributed by atoms with Crippen molar-refractivity contribution < 1.29 is 14.1 Å². The molecule has 0 N–H and O–H groups in total. The van der Waals surface area contributed by atoms with Gasteiger partial charge in [0.25, 0.3) is 5.69 Å². The zero-order valence-corrected chi connectivity index (χ0v) is 12.5. The average molecular weight is 351 g/mol. The third-order valence-electron chi connectivity index (χ3n) is 2.57. The normalized spacial score (nSPS) is 10.5. The van der Waals surface area contributed by atoms with Gasteiger partial charge in [0.15, 0.2) is 5.75 Å². The highest BCUT2D eigenvalue weighted by Crippen LogP contribution is 2.40. The van der Waals surface area contributed by atoms with E-state index in [1.54, 1.807) is 0 Å². The lowest BCUT2D eigenvalue weighted by Crippen LogP contribution is -1.94. The molecule has 0 saturated heterocycles. The number of benzene rings is 2. The molecule has 0 aromatic heterocycles. The van der Waals surface area contributed by atoms with Crippen LogP contribution in [0, 0.1) is 15.9 Å². The molecule has 4 nitrogen and oxygen atoms in total. The zero-order chi connectivity index (χ0) is 15.6. The molecule has 0 aliphatic carbocycles. The van der Waals surface area contributed by atoms with Gasteiger partial charge in [-0.15, -0.1) is 11.6 Å². The van der Waals surface area contributed by atoms with Gasteiger partial charge in [-0.3, -0.25) is 10.1 Å². The van der Waals surface area contributed by atoms with Crippen molar-refractivity contribution in [1.29, 1.82) is 0 Å². The Kier molecular flexibility index (Phi) is 4.88. The van der Waals surface area contributed by atoms with Gasteiger partial charge < -0.3 is 4.74 Å². The monoisotopic (exact) mass is 349 g/mol. The maximum absolute atomic E-state index is 13.1. The van der Waals surface area contributed by atoms with Gasteiger partial charge in [0.2, 0.25) is 0 Å². The van der Waals surface area contributed by atoms with Crippen molar-refractivity contribution in [2.24, 2.45) is 0 Å². The average Bonchev–Trinajstić information content (AvgIpc) is 2.43. The summed E-state index contributed by atoms with van der Waals surface area (Å²) in [7, 11) is 0. The van der Waals surface area contributed by atoms with E-state index in [2.05, 4.69) is 0 Å². The van der Waals surface area contributed by atoms with Gasteiger partial charge in [0, 0.05) is 17.7 Å². The lowest BCUT2D eigenvalue weighted by molar-refractivity contribution is -0.384. The highest BCUT2D eigenvalue weighted by Gasteiger charge is 2.17. The fraction of sp³-hybridized carbons (Fsp3) is 0.0769. The molecular formula is C13H7Cl3FNO3. The number of hydrogen-bond acceptors (Lipinski definition) is 3. The Morgan fingerprint density at radius 3 is 2.33 bits per heavy atom. The topological polar surface area (TPSA) is 52.4 Å². The zero-order valence-electron chi connectivity index (χ0n) is 10.3. The second-order valence-electron chi connectivity index (χ2n) is 3.98. The first-order chi connectivity index (χ1) is 9.92. The molecule has 21 heavy (non-hydrogen) atoms. The van der Waals surface area contributed by atoms with Gasteiger partial charge >= 0.3 is 0 Å². The van der Waals surface area contributed by atoms with Crippen LogP contribution in [0.15, 0.2) is 30.3 Å². The van der Waals surface area contributed by atoms with Crippen LogP contribution in [-0.2, 0) is 5.88 Å². The minimum atomic E-state index is -0.621. The van der Waals surface area contributed by atoms with Crippen LogP contribution in [0.4, 0.5) is 10.1 Å². The van der Waals surface area contributed by atoms with E-state index < -0.39 is 10.7 Å². The number of hydrogen-bond donors (Lipinski definition) is 0. The maximum atomic E-state index is 13.1. The third kappa shape index (κ3) is 3.56. The molecule has 110 valence electrons. The summed E-state index contributed by atoms with van der Waals surface area (Å²) in [5, 5.41) is 10.6. The Balaban J connectivity index is 2.43. The lowest BCUT2D eigenvalue weighted by atomic mass is 10.2. The van der Waals surface area contributed by atoms with E-state index in [0.717, 1.165) is 12.1 Å². The minimum Gasteiger partial charge on any atom is -0.454 e. The van der Waals surface area contributed by atoms with E-state index in [4.69, 9.17) is 39.5 Å². The quantitative estimate of drug-likeness (QED) is 0.411. The molecule has 0 aliphatic heterocycles. The van der Waals surface area contributed by atoms with Gasteiger partial charge in [-0.1, -0.05) is 23.2 Å². The molecule has 2 rings (SSSR count). The molecular weight excluding hydrogens is 344 g/mol. The van der Waals surface area contributed by atoms with Crippen molar-refractivity contribution in [1.82, 2.24) is 0 Å². The Morgan fingerprint density at radius 2 is 1.81 bits per heavy atom. The Morgan fingerprint density at radius 1 is 1.19 bits per heavy atom. The molecule has 2 aromatic rings. The van der Waals surface area contributed by atoms with Gasteiger partial charge in [-0.05, 0) is 18.2 Å². The van der Waals surface area contributed by atoms with Gasteiger partial charge in [-0.25, -0.2) is 4.39 Å². The second-order valence-corrected chi connectivity index (χ2v) is 5.07. The van der Waals surface area contributed by atoms with Gasteiger partial charge in [0.05, 0.1) is 20.8 Å². The summed E-state index contributed by atoms with van der Waals surface area (Å²) in [4.78, 5) is 10.1. The van der Waals surface area contributed by atoms with Crippen LogP contribution in [0.1, 0.15) is 5.56 Å². The van der Waals surface area contributed by atoms with Crippen molar-refractivity contribution in [3.63, 3.8) is 0 Å². The first kappa shape index (κ1) is 15.8. The third-order valence-corrected chi connectivity index (χ3v) is 3.42. The standard InChI is InChI=1S/C13H7Cl3FNO3/c14-6-7-3-8(17)1-2-12(7)21-13-10(15)4-9(18(19)20)5-11(13)16/h1-5H,6H2. The fourth-order valence-electron chi connectivity index (χ4n) is 1.61. The minimum absolute atomic E-state index is 0.0231. The van der Waals surface area contributed by atoms with E-state index in [-0.39, 0.29) is 33.1 Å². The predicted molar refractivity (Wildman–Crippen MR) is 79.1 cm³/mol. The molecule has 2 aromatic carbocycles. The first-order valence-corrected chi connectivity index (χ1v) is 6.87. The molecule has 0 unspecified atom stereocenters. The molecule has 0 radical (unpaired) electrons. The number of alkyl halides is 1. The van der Waals surface area contributed by atoms with Crippen molar-refractivity contribution in [3.8, 4) is 11.5 Å². The summed E-state index contributed by atoms with van der Waals surface area (Å²) in [6, 6.07) is 6.02. The summed E-state index contributed by atoms with van der Waals surface area (Å²) in [6.07, 6.45) is 0. The number of nitro groups is 1. The van der Waals surface area contributed by atoms with Crippen LogP contribution < -0.4 is 4.74 Å². The number of nitro benzene ring substituents is 1.